The minimum atomic E-state index is -0.00662. The van der Waals surface area contributed by atoms with E-state index in [4.69, 9.17) is 4.42 Å². The molecule has 0 aromatic carbocycles. The third-order valence-electron chi connectivity index (χ3n) is 5.15. The smallest absolute Gasteiger partial charge is 0.318 e. The van der Waals surface area contributed by atoms with Gasteiger partial charge in [0.05, 0.1) is 12.9 Å². The number of nitrogens with one attached hydrogen (secondary N) is 1. The first-order chi connectivity index (χ1) is 12.1. The average Bonchev–Trinajstić information content (AvgIpc) is 3.43. The van der Waals surface area contributed by atoms with Gasteiger partial charge >= 0.3 is 6.03 Å². The predicted octanol–water partition coefficient (Wildman–Crippen LogP) is 3.36. The number of rotatable bonds is 7. The molecular weight excluding hydrogens is 316 g/mol. The highest BCUT2D eigenvalue weighted by atomic mass is 16.3. The van der Waals surface area contributed by atoms with E-state index in [0.29, 0.717) is 25.0 Å². The molecule has 2 amide bonds. The maximum Gasteiger partial charge on any atom is 0.318 e. The van der Waals surface area contributed by atoms with Crippen molar-refractivity contribution in [2.75, 3.05) is 0 Å². The molecule has 4 rings (SSSR count). The Balaban J connectivity index is 1.35. The SMILES string of the molecule is C[C@H](Cn1ccnc1)NC(=O)N(Cc1ccc([C@@H]2C[C@@H]2C)o1)C1CC1. The number of aromatic nitrogens is 2. The van der Waals surface area contributed by atoms with E-state index in [-0.39, 0.29) is 12.1 Å². The number of nitrogens with zero attached hydrogens (tertiary/aromatic N) is 3. The highest BCUT2D eigenvalue weighted by Crippen LogP contribution is 2.47. The van der Waals surface area contributed by atoms with Gasteiger partial charge in [-0.15, -0.1) is 0 Å². The van der Waals surface area contributed by atoms with Crippen LogP contribution in [-0.2, 0) is 13.1 Å². The van der Waals surface area contributed by atoms with Crippen LogP contribution in [0.2, 0.25) is 0 Å². The molecule has 0 radical (unpaired) electrons. The Morgan fingerprint density at radius 3 is 2.92 bits per heavy atom. The maximum atomic E-state index is 12.7. The highest BCUT2D eigenvalue weighted by molar-refractivity contribution is 5.75. The summed E-state index contributed by atoms with van der Waals surface area (Å²) < 4.78 is 7.97. The molecule has 3 atom stereocenters. The molecule has 134 valence electrons. The molecule has 2 aliphatic carbocycles. The number of carbonyl (C=O) groups excluding carboxylic acids is 1. The third-order valence-corrected chi connectivity index (χ3v) is 5.15. The molecule has 2 aromatic rings. The molecule has 6 heteroatoms. The van der Waals surface area contributed by atoms with E-state index < -0.39 is 0 Å². The highest BCUT2D eigenvalue weighted by Gasteiger charge is 2.37. The second-order valence-corrected chi connectivity index (χ2v) is 7.59. The van der Waals surface area contributed by atoms with Crippen molar-refractivity contribution < 1.29 is 9.21 Å². The molecule has 0 aliphatic heterocycles. The van der Waals surface area contributed by atoms with E-state index in [1.165, 1.54) is 6.42 Å². The quantitative estimate of drug-likeness (QED) is 0.839. The number of urea groups is 1. The van der Waals surface area contributed by atoms with Crippen molar-refractivity contribution in [1.29, 1.82) is 0 Å². The summed E-state index contributed by atoms with van der Waals surface area (Å²) in [5, 5.41) is 3.11. The minimum absolute atomic E-state index is 0.00662. The Kier molecular flexibility index (Phi) is 4.27. The van der Waals surface area contributed by atoms with Gasteiger partial charge in [-0.05, 0) is 44.2 Å². The van der Waals surface area contributed by atoms with Crippen LogP contribution in [0.15, 0.2) is 35.3 Å². The minimum Gasteiger partial charge on any atom is -0.464 e. The summed E-state index contributed by atoms with van der Waals surface area (Å²) in [5.41, 5.74) is 0. The van der Waals surface area contributed by atoms with Gasteiger partial charge in [-0.3, -0.25) is 0 Å². The van der Waals surface area contributed by atoms with Crippen molar-refractivity contribution in [3.63, 3.8) is 0 Å². The lowest BCUT2D eigenvalue weighted by Crippen LogP contribution is -2.45. The molecule has 1 N–H and O–H groups in total. The van der Waals surface area contributed by atoms with Crippen LogP contribution in [-0.4, -0.2) is 32.6 Å². The molecule has 2 aromatic heterocycles. The zero-order valence-corrected chi connectivity index (χ0v) is 14.9. The second kappa shape index (κ2) is 6.58. The molecule has 25 heavy (non-hydrogen) atoms. The second-order valence-electron chi connectivity index (χ2n) is 7.59. The van der Waals surface area contributed by atoms with Crippen molar-refractivity contribution in [3.8, 4) is 0 Å². The van der Waals surface area contributed by atoms with Gasteiger partial charge in [-0.1, -0.05) is 6.92 Å². The van der Waals surface area contributed by atoms with Crippen LogP contribution in [0.1, 0.15) is 50.5 Å². The Morgan fingerprint density at radius 2 is 2.28 bits per heavy atom. The van der Waals surface area contributed by atoms with Crippen LogP contribution in [0.25, 0.3) is 0 Å². The van der Waals surface area contributed by atoms with Crippen LogP contribution in [0.3, 0.4) is 0 Å². The third kappa shape index (κ3) is 3.89. The number of hydrogen-bond donors (Lipinski definition) is 1. The zero-order chi connectivity index (χ0) is 17.4. The van der Waals surface area contributed by atoms with E-state index in [0.717, 1.165) is 30.3 Å². The lowest BCUT2D eigenvalue weighted by Gasteiger charge is -2.24. The van der Waals surface area contributed by atoms with E-state index in [1.54, 1.807) is 12.5 Å². The van der Waals surface area contributed by atoms with E-state index in [2.05, 4.69) is 23.3 Å². The number of hydrogen-bond acceptors (Lipinski definition) is 3. The normalized spacial score (nSPS) is 23.3. The average molecular weight is 342 g/mol. The van der Waals surface area contributed by atoms with Gasteiger partial charge in [0.1, 0.15) is 11.5 Å². The first-order valence-electron chi connectivity index (χ1n) is 9.21. The lowest BCUT2D eigenvalue weighted by molar-refractivity contribution is 0.182. The topological polar surface area (TPSA) is 63.3 Å². The molecule has 2 fully saturated rings. The van der Waals surface area contributed by atoms with E-state index >= 15 is 0 Å². The number of amides is 2. The van der Waals surface area contributed by atoms with Crippen LogP contribution in [0, 0.1) is 5.92 Å². The molecule has 6 nitrogen and oxygen atoms in total. The maximum absolute atomic E-state index is 12.7. The largest absolute Gasteiger partial charge is 0.464 e. The summed E-state index contributed by atoms with van der Waals surface area (Å²) in [7, 11) is 0. The summed E-state index contributed by atoms with van der Waals surface area (Å²) >= 11 is 0. The van der Waals surface area contributed by atoms with Crippen LogP contribution >= 0.6 is 0 Å². The van der Waals surface area contributed by atoms with Gasteiger partial charge in [0, 0.05) is 36.9 Å². The van der Waals surface area contributed by atoms with Gasteiger partial charge in [-0.2, -0.15) is 0 Å². The van der Waals surface area contributed by atoms with Crippen molar-refractivity contribution in [3.05, 3.63) is 42.4 Å². The van der Waals surface area contributed by atoms with E-state index in [9.17, 15) is 4.79 Å². The molecular formula is C19H26N4O2. The fourth-order valence-electron chi connectivity index (χ4n) is 3.37. The van der Waals surface area contributed by atoms with Gasteiger partial charge in [0.2, 0.25) is 0 Å². The first-order valence-corrected chi connectivity index (χ1v) is 9.21. The summed E-state index contributed by atoms with van der Waals surface area (Å²) in [6, 6.07) is 4.48. The van der Waals surface area contributed by atoms with Crippen LogP contribution < -0.4 is 5.32 Å². The van der Waals surface area contributed by atoms with Crippen LogP contribution in [0.5, 0.6) is 0 Å². The summed E-state index contributed by atoms with van der Waals surface area (Å²) in [6.45, 7) is 5.53. The molecule has 0 unspecified atom stereocenters. The summed E-state index contributed by atoms with van der Waals surface area (Å²) in [6.07, 6.45) is 8.80. The predicted molar refractivity (Wildman–Crippen MR) is 94.0 cm³/mol. The zero-order valence-electron chi connectivity index (χ0n) is 14.9. The summed E-state index contributed by atoms with van der Waals surface area (Å²) in [5.74, 6) is 3.27. The Labute approximate surface area is 148 Å². The Morgan fingerprint density at radius 1 is 1.48 bits per heavy atom. The summed E-state index contributed by atoms with van der Waals surface area (Å²) in [4.78, 5) is 18.7. The molecule has 2 saturated carbocycles. The van der Waals surface area contributed by atoms with Crippen molar-refractivity contribution in [2.45, 2.75) is 64.2 Å². The Bertz CT molecular complexity index is 720. The molecule has 0 spiro atoms. The fourth-order valence-corrected chi connectivity index (χ4v) is 3.37. The lowest BCUT2D eigenvalue weighted by atomic mass is 10.3. The molecule has 2 heterocycles. The number of carbonyl (C=O) groups is 1. The van der Waals surface area contributed by atoms with E-state index in [1.807, 2.05) is 28.7 Å². The van der Waals surface area contributed by atoms with Crippen LogP contribution in [0.4, 0.5) is 4.79 Å². The number of furan rings is 1. The monoisotopic (exact) mass is 342 g/mol. The molecule has 0 saturated heterocycles. The van der Waals surface area contributed by atoms with Gasteiger partial charge in [0.15, 0.2) is 0 Å². The standard InChI is InChI=1S/C19H26N4O2/c1-13-9-17(13)18-6-5-16(25-18)11-23(15-3-4-15)19(24)21-14(2)10-22-8-7-20-12-22/h5-8,12-15,17H,3-4,9-11H2,1-2H3,(H,21,24)/t13-,14+,17+/m0/s1. The van der Waals surface area contributed by atoms with Crippen molar-refractivity contribution in [1.82, 2.24) is 19.8 Å². The van der Waals surface area contributed by atoms with Crippen molar-refractivity contribution >= 4 is 6.03 Å². The number of imidazole rings is 1. The molecule has 0 bridgehead atoms. The van der Waals surface area contributed by atoms with Gasteiger partial charge < -0.3 is 19.2 Å². The fraction of sp³-hybridized carbons (Fsp3) is 0.579. The van der Waals surface area contributed by atoms with Crippen molar-refractivity contribution in [2.24, 2.45) is 5.92 Å². The molecule has 2 aliphatic rings. The first kappa shape index (κ1) is 16.2. The Hall–Kier alpha value is -2.24. The van der Waals surface area contributed by atoms with Gasteiger partial charge in [-0.25, -0.2) is 9.78 Å². The van der Waals surface area contributed by atoms with Gasteiger partial charge in [0.25, 0.3) is 0 Å².